The first-order valence-corrected chi connectivity index (χ1v) is 7.59. The Morgan fingerprint density at radius 1 is 1.11 bits per heavy atom. The summed E-state index contributed by atoms with van der Waals surface area (Å²) in [6, 6.07) is 14.2. The summed E-state index contributed by atoms with van der Waals surface area (Å²) in [5.41, 5.74) is 6.81. The van der Waals surface area contributed by atoms with Crippen molar-refractivity contribution in [3.8, 4) is 0 Å². The van der Waals surface area contributed by atoms with Gasteiger partial charge in [-0.05, 0) is 70.9 Å². The highest BCUT2D eigenvalue weighted by atomic mass is 79.9. The van der Waals surface area contributed by atoms with Crippen LogP contribution in [0.2, 0.25) is 5.02 Å². The van der Waals surface area contributed by atoms with Gasteiger partial charge in [0.25, 0.3) is 0 Å². The van der Waals surface area contributed by atoms with Crippen molar-refractivity contribution in [2.24, 2.45) is 5.73 Å². The second-order valence-corrected chi connectivity index (χ2v) is 6.27. The minimum absolute atomic E-state index is 0.677. The molecule has 0 radical (unpaired) electrons. The third-order valence-electron chi connectivity index (χ3n) is 2.47. The van der Waals surface area contributed by atoms with Gasteiger partial charge in [-0.3, -0.25) is 0 Å². The van der Waals surface area contributed by atoms with E-state index in [0.29, 0.717) is 6.54 Å². The van der Waals surface area contributed by atoms with Gasteiger partial charge in [-0.15, -0.1) is 0 Å². The van der Waals surface area contributed by atoms with Crippen LogP contribution in [-0.2, 0) is 6.42 Å². The molecule has 0 fully saturated rings. The second-order valence-electron chi connectivity index (χ2n) is 3.86. The van der Waals surface area contributed by atoms with Gasteiger partial charge in [-0.2, -0.15) is 0 Å². The number of nitrogens with two attached hydrogens (primary N) is 1. The molecule has 0 aliphatic heterocycles. The van der Waals surface area contributed by atoms with E-state index in [9.17, 15) is 0 Å². The van der Waals surface area contributed by atoms with Gasteiger partial charge in [0.05, 0.1) is 0 Å². The molecule has 0 aromatic heterocycles. The van der Waals surface area contributed by atoms with Crippen LogP contribution in [0.25, 0.3) is 0 Å². The summed E-state index contributed by atoms with van der Waals surface area (Å²) in [5, 5.41) is 0.761. The number of hydrogen-bond acceptors (Lipinski definition) is 2. The molecule has 0 unspecified atom stereocenters. The minimum Gasteiger partial charge on any atom is -0.330 e. The third-order valence-corrected chi connectivity index (χ3v) is 4.73. The van der Waals surface area contributed by atoms with E-state index in [1.165, 1.54) is 15.4 Å². The van der Waals surface area contributed by atoms with Gasteiger partial charge in [0, 0.05) is 19.3 Å². The van der Waals surface area contributed by atoms with Crippen LogP contribution < -0.4 is 5.73 Å². The maximum atomic E-state index is 5.87. The standard InChI is InChI=1S/C14H13BrClNS/c15-13-9-10(7-8-17)1-6-14(13)18-12-4-2-11(16)3-5-12/h1-6,9H,7-8,17H2. The van der Waals surface area contributed by atoms with Crippen LogP contribution in [0.3, 0.4) is 0 Å². The van der Waals surface area contributed by atoms with Gasteiger partial charge < -0.3 is 5.73 Å². The lowest BCUT2D eigenvalue weighted by Crippen LogP contribution is -2.02. The van der Waals surface area contributed by atoms with Crippen molar-refractivity contribution >= 4 is 39.3 Å². The highest BCUT2D eigenvalue weighted by Gasteiger charge is 2.04. The molecule has 2 aromatic carbocycles. The predicted octanol–water partition coefficient (Wildman–Crippen LogP) is 4.75. The maximum absolute atomic E-state index is 5.87. The fraction of sp³-hybridized carbons (Fsp3) is 0.143. The highest BCUT2D eigenvalue weighted by Crippen LogP contribution is 2.34. The number of halogens is 2. The van der Waals surface area contributed by atoms with E-state index in [2.05, 4.69) is 34.1 Å². The van der Waals surface area contributed by atoms with Gasteiger partial charge in [-0.25, -0.2) is 0 Å². The molecule has 2 rings (SSSR count). The molecule has 2 aromatic rings. The molecule has 0 saturated carbocycles. The maximum Gasteiger partial charge on any atom is 0.0406 e. The molecule has 0 aliphatic carbocycles. The topological polar surface area (TPSA) is 26.0 Å². The zero-order valence-electron chi connectivity index (χ0n) is 9.70. The molecule has 0 spiro atoms. The fourth-order valence-electron chi connectivity index (χ4n) is 1.58. The van der Waals surface area contributed by atoms with E-state index >= 15 is 0 Å². The Balaban J connectivity index is 2.16. The summed E-state index contributed by atoms with van der Waals surface area (Å²) in [6.07, 6.45) is 0.907. The normalized spacial score (nSPS) is 10.6. The molecule has 0 bridgehead atoms. The van der Waals surface area contributed by atoms with E-state index in [4.69, 9.17) is 17.3 Å². The lowest BCUT2D eigenvalue weighted by Gasteiger charge is -2.07. The van der Waals surface area contributed by atoms with Crippen molar-refractivity contribution in [1.82, 2.24) is 0 Å². The van der Waals surface area contributed by atoms with E-state index in [-0.39, 0.29) is 0 Å². The fourth-order valence-corrected chi connectivity index (χ4v) is 3.19. The molecular weight excluding hydrogens is 330 g/mol. The van der Waals surface area contributed by atoms with Crippen LogP contribution in [0.1, 0.15) is 5.56 Å². The largest absolute Gasteiger partial charge is 0.330 e. The molecule has 0 atom stereocenters. The monoisotopic (exact) mass is 341 g/mol. The third kappa shape index (κ3) is 3.75. The van der Waals surface area contributed by atoms with Crippen molar-refractivity contribution in [3.05, 3.63) is 57.5 Å². The van der Waals surface area contributed by atoms with Crippen molar-refractivity contribution < 1.29 is 0 Å². The first kappa shape index (κ1) is 13.9. The SMILES string of the molecule is NCCc1ccc(Sc2ccc(Cl)cc2)c(Br)c1. The molecule has 0 heterocycles. The minimum atomic E-state index is 0.677. The predicted molar refractivity (Wildman–Crippen MR) is 82.5 cm³/mol. The second kappa shape index (κ2) is 6.62. The molecule has 0 saturated heterocycles. The first-order chi connectivity index (χ1) is 8.69. The summed E-state index contributed by atoms with van der Waals surface area (Å²) >= 11 is 11.2. The Labute approximate surface area is 125 Å². The zero-order chi connectivity index (χ0) is 13.0. The molecule has 94 valence electrons. The van der Waals surface area contributed by atoms with Crippen LogP contribution in [-0.4, -0.2) is 6.54 Å². The van der Waals surface area contributed by atoms with Crippen LogP contribution in [0, 0.1) is 0 Å². The first-order valence-electron chi connectivity index (χ1n) is 5.61. The molecule has 2 N–H and O–H groups in total. The van der Waals surface area contributed by atoms with Gasteiger partial charge in [0.15, 0.2) is 0 Å². The Morgan fingerprint density at radius 3 is 2.44 bits per heavy atom. The zero-order valence-corrected chi connectivity index (χ0v) is 12.9. The van der Waals surface area contributed by atoms with Crippen molar-refractivity contribution in [1.29, 1.82) is 0 Å². The van der Waals surface area contributed by atoms with Crippen LogP contribution in [0.15, 0.2) is 56.7 Å². The van der Waals surface area contributed by atoms with Crippen LogP contribution >= 0.6 is 39.3 Å². The van der Waals surface area contributed by atoms with Crippen molar-refractivity contribution in [3.63, 3.8) is 0 Å². The summed E-state index contributed by atoms with van der Waals surface area (Å²) in [6.45, 7) is 0.677. The lowest BCUT2D eigenvalue weighted by molar-refractivity contribution is 0.965. The van der Waals surface area contributed by atoms with E-state index in [1.807, 2.05) is 24.3 Å². The van der Waals surface area contributed by atoms with Gasteiger partial charge in [0.2, 0.25) is 0 Å². The molecule has 0 aliphatic rings. The van der Waals surface area contributed by atoms with Gasteiger partial charge in [0.1, 0.15) is 0 Å². The molecule has 1 nitrogen and oxygen atoms in total. The summed E-state index contributed by atoms with van der Waals surface area (Å²) < 4.78 is 1.11. The lowest BCUT2D eigenvalue weighted by atomic mass is 10.2. The molecule has 0 amide bonds. The smallest absolute Gasteiger partial charge is 0.0406 e. The van der Waals surface area contributed by atoms with Crippen LogP contribution in [0.5, 0.6) is 0 Å². The Kier molecular flexibility index (Phi) is 5.13. The average molecular weight is 343 g/mol. The highest BCUT2D eigenvalue weighted by molar-refractivity contribution is 9.10. The van der Waals surface area contributed by atoms with Crippen LogP contribution in [0.4, 0.5) is 0 Å². The number of hydrogen-bond donors (Lipinski definition) is 1. The van der Waals surface area contributed by atoms with Gasteiger partial charge in [-0.1, -0.05) is 29.4 Å². The summed E-state index contributed by atoms with van der Waals surface area (Å²) in [4.78, 5) is 2.37. The molecule has 4 heteroatoms. The van der Waals surface area contributed by atoms with E-state index in [0.717, 1.165) is 15.9 Å². The number of rotatable bonds is 4. The van der Waals surface area contributed by atoms with Crippen molar-refractivity contribution in [2.75, 3.05) is 6.54 Å². The quantitative estimate of drug-likeness (QED) is 0.867. The van der Waals surface area contributed by atoms with E-state index < -0.39 is 0 Å². The summed E-state index contributed by atoms with van der Waals surface area (Å²) in [5.74, 6) is 0. The Bertz CT molecular complexity index is 528. The van der Waals surface area contributed by atoms with E-state index in [1.54, 1.807) is 11.8 Å². The molecular formula is C14H13BrClNS. The average Bonchev–Trinajstić information content (AvgIpc) is 2.36. The number of benzene rings is 2. The molecule has 18 heavy (non-hydrogen) atoms. The Hall–Kier alpha value is -0.480. The van der Waals surface area contributed by atoms with Crippen molar-refractivity contribution in [2.45, 2.75) is 16.2 Å². The van der Waals surface area contributed by atoms with Gasteiger partial charge >= 0.3 is 0 Å². The Morgan fingerprint density at radius 2 is 1.83 bits per heavy atom. The summed E-state index contributed by atoms with van der Waals surface area (Å²) in [7, 11) is 0.